The number of hydrogen-bond acceptors (Lipinski definition) is 2. The summed E-state index contributed by atoms with van der Waals surface area (Å²) in [6, 6.07) is 0.616. The molecule has 0 bridgehead atoms. The Labute approximate surface area is 95.8 Å². The number of rotatable bonds is 5. The van der Waals surface area contributed by atoms with Gasteiger partial charge in [-0.15, -0.1) is 0 Å². The predicted molar refractivity (Wildman–Crippen MR) is 53.4 cm³/mol. The molecule has 0 aromatic heterocycles. The third-order valence-corrected chi connectivity index (χ3v) is 2.25. The van der Waals surface area contributed by atoms with E-state index in [9.17, 15) is 18.0 Å². The van der Waals surface area contributed by atoms with Gasteiger partial charge in [0.2, 0.25) is 0 Å². The zero-order valence-corrected chi connectivity index (χ0v) is 9.10. The van der Waals surface area contributed by atoms with E-state index in [2.05, 4.69) is 4.74 Å². The van der Waals surface area contributed by atoms with Crippen molar-refractivity contribution >= 4 is 5.97 Å². The first-order chi connectivity index (χ1) is 7.97. The van der Waals surface area contributed by atoms with Crippen LogP contribution < -0.4 is 4.74 Å². The Morgan fingerprint density at radius 3 is 2.53 bits per heavy atom. The van der Waals surface area contributed by atoms with E-state index in [0.29, 0.717) is 6.07 Å². The average Bonchev–Trinajstić information content (AvgIpc) is 2.27. The third-order valence-electron chi connectivity index (χ3n) is 2.25. The minimum Gasteiger partial charge on any atom is -0.494 e. The molecule has 0 heterocycles. The van der Waals surface area contributed by atoms with Crippen LogP contribution in [0.4, 0.5) is 13.2 Å². The van der Waals surface area contributed by atoms with Crippen LogP contribution in [-0.4, -0.2) is 18.2 Å². The summed E-state index contributed by atoms with van der Waals surface area (Å²) in [5, 5.41) is 8.40. The largest absolute Gasteiger partial charge is 0.494 e. The highest BCUT2D eigenvalue weighted by molar-refractivity contribution is 5.66. The summed E-state index contributed by atoms with van der Waals surface area (Å²) < 4.78 is 44.4. The predicted octanol–water partition coefficient (Wildman–Crippen LogP) is 2.52. The van der Waals surface area contributed by atoms with Crippen molar-refractivity contribution in [2.75, 3.05) is 7.11 Å². The normalized spacial score (nSPS) is 10.4. The van der Waals surface area contributed by atoms with Crippen LogP contribution in [0.3, 0.4) is 0 Å². The van der Waals surface area contributed by atoms with Gasteiger partial charge in [0.1, 0.15) is 0 Å². The van der Waals surface area contributed by atoms with Crippen LogP contribution in [0.15, 0.2) is 6.07 Å². The molecule has 1 aromatic carbocycles. The van der Waals surface area contributed by atoms with Crippen molar-refractivity contribution in [3.05, 3.63) is 29.1 Å². The Morgan fingerprint density at radius 2 is 2.00 bits per heavy atom. The molecule has 0 saturated carbocycles. The molecule has 3 nitrogen and oxygen atoms in total. The molecule has 0 saturated heterocycles. The van der Waals surface area contributed by atoms with Gasteiger partial charge in [0.05, 0.1) is 7.11 Å². The van der Waals surface area contributed by atoms with E-state index in [1.807, 2.05) is 0 Å². The van der Waals surface area contributed by atoms with Gasteiger partial charge in [-0.2, -0.15) is 0 Å². The number of ether oxygens (including phenoxy) is 1. The van der Waals surface area contributed by atoms with Gasteiger partial charge in [0, 0.05) is 18.1 Å². The molecule has 17 heavy (non-hydrogen) atoms. The highest BCUT2D eigenvalue weighted by atomic mass is 19.2. The van der Waals surface area contributed by atoms with Gasteiger partial charge < -0.3 is 9.84 Å². The molecular weight excluding hydrogens is 237 g/mol. The van der Waals surface area contributed by atoms with Gasteiger partial charge in [-0.3, -0.25) is 4.79 Å². The first kappa shape index (κ1) is 13.3. The monoisotopic (exact) mass is 248 g/mol. The van der Waals surface area contributed by atoms with E-state index in [4.69, 9.17) is 5.11 Å². The standard InChI is InChI=1S/C11H11F3O3/c1-17-8-5-7(12)10(13)6(11(8)14)3-2-4-9(15)16/h5H,2-4H2,1H3,(H,15,16). The lowest BCUT2D eigenvalue weighted by atomic mass is 10.1. The molecule has 0 unspecified atom stereocenters. The molecule has 0 radical (unpaired) electrons. The number of methoxy groups -OCH3 is 1. The molecule has 0 spiro atoms. The smallest absolute Gasteiger partial charge is 0.303 e. The number of benzene rings is 1. The second-order valence-electron chi connectivity index (χ2n) is 3.41. The fourth-order valence-electron chi connectivity index (χ4n) is 1.42. The van der Waals surface area contributed by atoms with Gasteiger partial charge in [-0.05, 0) is 12.8 Å². The summed E-state index contributed by atoms with van der Waals surface area (Å²) in [6.07, 6.45) is -0.411. The number of carboxylic acids is 1. The first-order valence-corrected chi connectivity index (χ1v) is 4.89. The van der Waals surface area contributed by atoms with Crippen LogP contribution in [0.5, 0.6) is 5.75 Å². The molecule has 0 aliphatic heterocycles. The fourth-order valence-corrected chi connectivity index (χ4v) is 1.42. The molecule has 1 N–H and O–H groups in total. The minimum absolute atomic E-state index is 0.0236. The fraction of sp³-hybridized carbons (Fsp3) is 0.364. The third kappa shape index (κ3) is 3.12. The summed E-state index contributed by atoms with van der Waals surface area (Å²) >= 11 is 0. The number of aliphatic carboxylic acids is 1. The van der Waals surface area contributed by atoms with Gasteiger partial charge in [-0.25, -0.2) is 13.2 Å². The summed E-state index contributed by atoms with van der Waals surface area (Å²) in [7, 11) is 1.14. The highest BCUT2D eigenvalue weighted by Crippen LogP contribution is 2.26. The second kappa shape index (κ2) is 5.56. The van der Waals surface area contributed by atoms with Crippen molar-refractivity contribution in [3.8, 4) is 5.75 Å². The summed E-state index contributed by atoms with van der Waals surface area (Å²) in [6.45, 7) is 0. The average molecular weight is 248 g/mol. The highest BCUT2D eigenvalue weighted by Gasteiger charge is 2.19. The summed E-state index contributed by atoms with van der Waals surface area (Å²) in [4.78, 5) is 10.3. The lowest BCUT2D eigenvalue weighted by Crippen LogP contribution is -2.04. The number of carboxylic acid groups (broad SMARTS) is 1. The minimum atomic E-state index is -1.30. The van der Waals surface area contributed by atoms with E-state index in [1.165, 1.54) is 0 Å². The van der Waals surface area contributed by atoms with Gasteiger partial charge in [-0.1, -0.05) is 0 Å². The molecule has 0 amide bonds. The summed E-state index contributed by atoms with van der Waals surface area (Å²) in [5.74, 6) is -4.97. The van der Waals surface area contributed by atoms with E-state index in [1.54, 1.807) is 0 Å². The van der Waals surface area contributed by atoms with Crippen molar-refractivity contribution in [1.29, 1.82) is 0 Å². The lowest BCUT2D eigenvalue weighted by Gasteiger charge is -2.09. The first-order valence-electron chi connectivity index (χ1n) is 4.89. The quantitative estimate of drug-likeness (QED) is 0.814. The van der Waals surface area contributed by atoms with Crippen molar-refractivity contribution in [2.24, 2.45) is 0 Å². The summed E-state index contributed by atoms with van der Waals surface area (Å²) in [5.41, 5.74) is -0.483. The Bertz CT molecular complexity index is 432. The van der Waals surface area contributed by atoms with Crippen LogP contribution in [0.1, 0.15) is 18.4 Å². The Hall–Kier alpha value is -1.72. The molecule has 1 rings (SSSR count). The maximum atomic E-state index is 13.6. The number of halogens is 3. The molecule has 94 valence electrons. The zero-order valence-electron chi connectivity index (χ0n) is 9.10. The van der Waals surface area contributed by atoms with Crippen LogP contribution >= 0.6 is 0 Å². The number of hydrogen-bond donors (Lipinski definition) is 1. The second-order valence-corrected chi connectivity index (χ2v) is 3.41. The van der Waals surface area contributed by atoms with E-state index in [0.717, 1.165) is 7.11 Å². The number of carbonyl (C=O) groups is 1. The molecular formula is C11H11F3O3. The van der Waals surface area contributed by atoms with Crippen molar-refractivity contribution < 1.29 is 27.8 Å². The van der Waals surface area contributed by atoms with Crippen LogP contribution in [0.25, 0.3) is 0 Å². The van der Waals surface area contributed by atoms with Crippen molar-refractivity contribution in [1.82, 2.24) is 0 Å². The van der Waals surface area contributed by atoms with E-state index >= 15 is 0 Å². The Balaban J connectivity index is 2.96. The molecule has 0 aliphatic rings. The van der Waals surface area contributed by atoms with Crippen molar-refractivity contribution in [3.63, 3.8) is 0 Å². The molecule has 0 fully saturated rings. The maximum Gasteiger partial charge on any atom is 0.303 e. The van der Waals surface area contributed by atoms with Crippen LogP contribution in [-0.2, 0) is 11.2 Å². The lowest BCUT2D eigenvalue weighted by molar-refractivity contribution is -0.137. The molecule has 6 heteroatoms. The molecule has 0 atom stereocenters. The topological polar surface area (TPSA) is 46.5 Å². The Kier molecular flexibility index (Phi) is 4.37. The van der Waals surface area contributed by atoms with Gasteiger partial charge in [0.25, 0.3) is 0 Å². The maximum absolute atomic E-state index is 13.6. The van der Waals surface area contributed by atoms with Gasteiger partial charge >= 0.3 is 5.97 Å². The van der Waals surface area contributed by atoms with E-state index in [-0.39, 0.29) is 19.3 Å². The molecule has 1 aromatic rings. The van der Waals surface area contributed by atoms with Crippen LogP contribution in [0.2, 0.25) is 0 Å². The van der Waals surface area contributed by atoms with E-state index < -0.39 is 34.7 Å². The van der Waals surface area contributed by atoms with Crippen molar-refractivity contribution in [2.45, 2.75) is 19.3 Å². The van der Waals surface area contributed by atoms with Gasteiger partial charge in [0.15, 0.2) is 23.2 Å². The zero-order chi connectivity index (χ0) is 13.0. The van der Waals surface area contributed by atoms with Crippen LogP contribution in [0, 0.1) is 17.5 Å². The Morgan fingerprint density at radius 1 is 1.35 bits per heavy atom. The SMILES string of the molecule is COc1cc(F)c(F)c(CCCC(=O)O)c1F. The molecule has 0 aliphatic carbocycles.